The molecule has 4 aromatic rings. The van der Waals surface area contributed by atoms with Crippen molar-refractivity contribution in [1.29, 1.82) is 0 Å². The molecule has 2 aromatic heterocycles. The zero-order valence-corrected chi connectivity index (χ0v) is 21.0. The number of anilines is 1. The van der Waals surface area contributed by atoms with Gasteiger partial charge in [-0.1, -0.05) is 66.2 Å². The van der Waals surface area contributed by atoms with Crippen LogP contribution in [0.2, 0.25) is 4.34 Å². The zero-order chi connectivity index (χ0) is 25.3. The fourth-order valence-corrected chi connectivity index (χ4v) is 5.47. The molecule has 1 aliphatic carbocycles. The van der Waals surface area contributed by atoms with Gasteiger partial charge in [0, 0.05) is 17.3 Å². The monoisotopic (exact) mass is 518 g/mol. The Morgan fingerprint density at radius 3 is 2.47 bits per heavy atom. The number of hydrogen-bond acceptors (Lipinski definition) is 5. The van der Waals surface area contributed by atoms with Gasteiger partial charge in [0.1, 0.15) is 6.10 Å². The number of carboxylic acid groups (broad SMARTS) is 1. The van der Waals surface area contributed by atoms with E-state index >= 15 is 0 Å². The van der Waals surface area contributed by atoms with Crippen LogP contribution in [0.3, 0.4) is 0 Å². The summed E-state index contributed by atoms with van der Waals surface area (Å²) in [5.41, 5.74) is 3.80. The average molecular weight is 519 g/mol. The van der Waals surface area contributed by atoms with E-state index in [0.717, 1.165) is 27.1 Å². The lowest BCUT2D eigenvalue weighted by molar-refractivity contribution is -0.140. The number of carboxylic acids is 1. The third-order valence-electron chi connectivity index (χ3n) is 6.41. The van der Waals surface area contributed by atoms with Gasteiger partial charge in [-0.05, 0) is 49.1 Å². The van der Waals surface area contributed by atoms with Gasteiger partial charge in [-0.25, -0.2) is 4.79 Å². The highest BCUT2D eigenvalue weighted by atomic mass is 35.5. The van der Waals surface area contributed by atoms with Gasteiger partial charge >= 0.3 is 12.1 Å². The Hall–Kier alpha value is -3.68. The topological polar surface area (TPSA) is 88.5 Å². The number of nitrogens with one attached hydrogen (secondary N) is 1. The number of rotatable bonds is 7. The summed E-state index contributed by atoms with van der Waals surface area (Å²) in [7, 11) is 0. The summed E-state index contributed by atoms with van der Waals surface area (Å²) in [6, 6.07) is 22.4. The van der Waals surface area contributed by atoms with Gasteiger partial charge in [0.05, 0.1) is 26.0 Å². The standard InChI is InChI=1S/C28H23ClN2O4S/c1-17(18-6-3-2-4-7-18)35-27(34)31-22-16-23(29)36-25(22)21-8-5-15-30-24(21)19-9-11-20(12-10-19)28(13-14-28)26(32)33/h2-12,15-17H,13-14H2,1H3,(H,31,34)(H,32,33)/t17-/m1/s1. The molecule has 1 amide bonds. The number of nitrogens with zero attached hydrogens (tertiary/aromatic N) is 1. The van der Waals surface area contributed by atoms with E-state index < -0.39 is 23.6 Å². The van der Waals surface area contributed by atoms with Crippen molar-refractivity contribution in [3.05, 3.63) is 94.5 Å². The lowest BCUT2D eigenvalue weighted by Crippen LogP contribution is -2.19. The number of benzene rings is 2. The van der Waals surface area contributed by atoms with Crippen LogP contribution >= 0.6 is 22.9 Å². The van der Waals surface area contributed by atoms with E-state index in [4.69, 9.17) is 16.3 Å². The number of hydrogen-bond donors (Lipinski definition) is 2. The first-order valence-electron chi connectivity index (χ1n) is 11.5. The fraction of sp³-hybridized carbons (Fsp3) is 0.179. The molecule has 2 N–H and O–H groups in total. The lowest BCUT2D eigenvalue weighted by Gasteiger charge is -2.15. The van der Waals surface area contributed by atoms with Crippen LogP contribution in [-0.2, 0) is 14.9 Å². The number of thiophene rings is 1. The molecule has 0 radical (unpaired) electrons. The summed E-state index contributed by atoms with van der Waals surface area (Å²) in [5, 5.41) is 12.4. The van der Waals surface area contributed by atoms with E-state index in [2.05, 4.69) is 10.3 Å². The van der Waals surface area contributed by atoms with Gasteiger partial charge in [-0.3, -0.25) is 15.1 Å². The molecule has 1 atom stereocenters. The van der Waals surface area contributed by atoms with Gasteiger partial charge in [0.25, 0.3) is 0 Å². The van der Waals surface area contributed by atoms with E-state index in [1.807, 2.05) is 73.7 Å². The summed E-state index contributed by atoms with van der Waals surface area (Å²) < 4.78 is 6.09. The Morgan fingerprint density at radius 2 is 1.81 bits per heavy atom. The second kappa shape index (κ2) is 9.76. The highest BCUT2D eigenvalue weighted by Gasteiger charge is 2.51. The fourth-order valence-electron chi connectivity index (χ4n) is 4.26. The number of pyridine rings is 1. The third-order valence-corrected chi connectivity index (χ3v) is 7.71. The number of ether oxygens (including phenoxy) is 1. The Balaban J connectivity index is 1.41. The highest BCUT2D eigenvalue weighted by molar-refractivity contribution is 7.20. The molecule has 5 rings (SSSR count). The summed E-state index contributed by atoms with van der Waals surface area (Å²) >= 11 is 7.69. The van der Waals surface area contributed by atoms with Crippen molar-refractivity contribution in [2.45, 2.75) is 31.3 Å². The van der Waals surface area contributed by atoms with Crippen molar-refractivity contribution in [2.75, 3.05) is 5.32 Å². The third kappa shape index (κ3) is 4.72. The molecule has 2 heterocycles. The number of carbonyl (C=O) groups excluding carboxylic acids is 1. The van der Waals surface area contributed by atoms with Crippen LogP contribution < -0.4 is 5.32 Å². The minimum Gasteiger partial charge on any atom is -0.481 e. The summed E-state index contributed by atoms with van der Waals surface area (Å²) in [4.78, 5) is 29.7. The quantitative estimate of drug-likeness (QED) is 0.263. The van der Waals surface area contributed by atoms with Gasteiger partial charge in [0.15, 0.2) is 0 Å². The van der Waals surface area contributed by atoms with E-state index in [1.54, 1.807) is 12.3 Å². The number of amides is 1. The molecular weight excluding hydrogens is 496 g/mol. The number of aliphatic carboxylic acids is 1. The molecular formula is C28H23ClN2O4S. The van der Waals surface area contributed by atoms with Crippen LogP contribution in [0, 0.1) is 0 Å². The van der Waals surface area contributed by atoms with Crippen molar-refractivity contribution in [2.24, 2.45) is 0 Å². The highest BCUT2D eigenvalue weighted by Crippen LogP contribution is 2.49. The second-order valence-corrected chi connectivity index (χ2v) is 10.4. The smallest absolute Gasteiger partial charge is 0.412 e. The maximum atomic E-state index is 12.7. The average Bonchev–Trinajstić information content (AvgIpc) is 3.63. The zero-order valence-electron chi connectivity index (χ0n) is 19.4. The van der Waals surface area contributed by atoms with Crippen LogP contribution in [-0.4, -0.2) is 22.2 Å². The SMILES string of the molecule is C[C@@H](OC(=O)Nc1cc(Cl)sc1-c1cccnc1-c1ccc(C2(C(=O)O)CC2)cc1)c1ccccc1. The van der Waals surface area contributed by atoms with E-state index in [0.29, 0.717) is 28.6 Å². The predicted molar refractivity (Wildman–Crippen MR) is 142 cm³/mol. The minimum atomic E-state index is -0.786. The van der Waals surface area contributed by atoms with Crippen molar-refractivity contribution < 1.29 is 19.4 Å². The van der Waals surface area contributed by atoms with Crippen molar-refractivity contribution >= 4 is 40.7 Å². The first-order chi connectivity index (χ1) is 17.4. The molecule has 0 spiro atoms. The van der Waals surface area contributed by atoms with E-state index in [-0.39, 0.29) is 0 Å². The first-order valence-corrected chi connectivity index (χ1v) is 12.7. The molecule has 1 saturated carbocycles. The van der Waals surface area contributed by atoms with Crippen molar-refractivity contribution in [3.8, 4) is 21.7 Å². The lowest BCUT2D eigenvalue weighted by atomic mass is 9.94. The Morgan fingerprint density at radius 1 is 1.08 bits per heavy atom. The van der Waals surface area contributed by atoms with E-state index in [9.17, 15) is 14.7 Å². The first kappa shape index (κ1) is 24.0. The molecule has 0 saturated heterocycles. The van der Waals surface area contributed by atoms with Gasteiger partial charge < -0.3 is 9.84 Å². The van der Waals surface area contributed by atoms with E-state index in [1.165, 1.54) is 11.3 Å². The Kier molecular flexibility index (Phi) is 6.51. The second-order valence-electron chi connectivity index (χ2n) is 8.74. The van der Waals surface area contributed by atoms with Gasteiger partial charge in [-0.15, -0.1) is 11.3 Å². The van der Waals surface area contributed by atoms with Crippen LogP contribution in [0.4, 0.5) is 10.5 Å². The number of halogens is 1. The van der Waals surface area contributed by atoms with Crippen LogP contribution in [0.5, 0.6) is 0 Å². The summed E-state index contributed by atoms with van der Waals surface area (Å²) in [5.74, 6) is -0.786. The van der Waals surface area contributed by atoms with Crippen molar-refractivity contribution in [3.63, 3.8) is 0 Å². The normalized spacial score (nSPS) is 14.6. The van der Waals surface area contributed by atoms with Gasteiger partial charge in [-0.2, -0.15) is 0 Å². The molecule has 36 heavy (non-hydrogen) atoms. The molecule has 1 fully saturated rings. The maximum Gasteiger partial charge on any atom is 0.412 e. The number of aromatic nitrogens is 1. The minimum absolute atomic E-state index is 0.420. The number of carbonyl (C=O) groups is 2. The molecule has 8 heteroatoms. The molecule has 0 unspecified atom stereocenters. The Labute approximate surface area is 217 Å². The molecule has 182 valence electrons. The van der Waals surface area contributed by atoms with Crippen LogP contribution in [0.25, 0.3) is 21.7 Å². The molecule has 2 aromatic carbocycles. The van der Waals surface area contributed by atoms with Crippen molar-refractivity contribution in [1.82, 2.24) is 4.98 Å². The summed E-state index contributed by atoms with van der Waals surface area (Å²) in [6.07, 6.45) is 2.00. The molecule has 0 aliphatic heterocycles. The molecule has 1 aliphatic rings. The van der Waals surface area contributed by atoms with Crippen LogP contribution in [0.1, 0.15) is 37.0 Å². The van der Waals surface area contributed by atoms with Crippen LogP contribution in [0.15, 0.2) is 79.0 Å². The molecule has 6 nitrogen and oxygen atoms in total. The largest absolute Gasteiger partial charge is 0.481 e. The van der Waals surface area contributed by atoms with Gasteiger partial charge in [0.2, 0.25) is 0 Å². The summed E-state index contributed by atoms with van der Waals surface area (Å²) in [6.45, 7) is 1.81. The predicted octanol–water partition coefficient (Wildman–Crippen LogP) is 7.56. The Bertz CT molecular complexity index is 1420. The maximum absolute atomic E-state index is 12.7. The molecule has 0 bridgehead atoms.